The van der Waals surface area contributed by atoms with Crippen molar-refractivity contribution >= 4 is 5.91 Å². The van der Waals surface area contributed by atoms with Crippen LogP contribution in [0, 0.1) is 5.92 Å². The Balaban J connectivity index is 1.47. The zero-order valence-electron chi connectivity index (χ0n) is 15.4. The third-order valence-corrected chi connectivity index (χ3v) is 5.76. The molecule has 1 aliphatic carbocycles. The molecule has 1 unspecified atom stereocenters. The van der Waals surface area contributed by atoms with E-state index in [1.807, 2.05) is 35.2 Å². The summed E-state index contributed by atoms with van der Waals surface area (Å²) in [7, 11) is 0. The highest BCUT2D eigenvalue weighted by atomic mass is 16.2. The van der Waals surface area contributed by atoms with E-state index in [1.165, 1.54) is 38.6 Å². The van der Waals surface area contributed by atoms with Gasteiger partial charge in [-0.15, -0.1) is 0 Å². The van der Waals surface area contributed by atoms with Crippen LogP contribution in [0.25, 0.3) is 0 Å². The Bertz CT molecular complexity index is 527. The second kappa shape index (κ2) is 9.35. The van der Waals surface area contributed by atoms with Gasteiger partial charge in [-0.3, -0.25) is 4.79 Å². The maximum Gasteiger partial charge on any atom is 0.239 e. The van der Waals surface area contributed by atoms with Gasteiger partial charge in [-0.05, 0) is 43.7 Å². The Kier molecular flexibility index (Phi) is 6.88. The molecule has 0 aromatic heterocycles. The van der Waals surface area contributed by atoms with Crippen molar-refractivity contribution in [3.63, 3.8) is 0 Å². The van der Waals surface area contributed by atoms with E-state index in [2.05, 4.69) is 4.90 Å². The maximum atomic E-state index is 12.7. The summed E-state index contributed by atoms with van der Waals surface area (Å²) in [5.74, 6) is 0.986. The molecule has 0 radical (unpaired) electrons. The highest BCUT2D eigenvalue weighted by molar-refractivity contribution is 5.82. The Labute approximate surface area is 152 Å². The molecule has 4 nitrogen and oxygen atoms in total. The van der Waals surface area contributed by atoms with Gasteiger partial charge in [-0.2, -0.15) is 0 Å². The first-order valence-electron chi connectivity index (χ1n) is 10.0. The number of benzene rings is 1. The van der Waals surface area contributed by atoms with E-state index in [4.69, 9.17) is 5.73 Å². The second-order valence-corrected chi connectivity index (χ2v) is 7.78. The highest BCUT2D eigenvalue weighted by Crippen LogP contribution is 2.24. The number of amides is 1. The van der Waals surface area contributed by atoms with Gasteiger partial charge in [0, 0.05) is 26.2 Å². The quantitative estimate of drug-likeness (QED) is 0.894. The van der Waals surface area contributed by atoms with Crippen molar-refractivity contribution in [2.75, 3.05) is 32.7 Å². The summed E-state index contributed by atoms with van der Waals surface area (Å²) < 4.78 is 0. The lowest BCUT2D eigenvalue weighted by Gasteiger charge is -2.29. The summed E-state index contributed by atoms with van der Waals surface area (Å²) in [5, 5.41) is 0. The standard InChI is InChI=1S/C21H33N3O/c22-20(16-18-8-3-1-4-9-18)21(25)24-13-7-12-23(14-15-24)17-19-10-5-2-6-11-19/h1,3-4,8-9,19-20H,2,5-7,10-17,22H2. The summed E-state index contributed by atoms with van der Waals surface area (Å²) in [6, 6.07) is 9.66. The van der Waals surface area contributed by atoms with Gasteiger partial charge >= 0.3 is 0 Å². The van der Waals surface area contributed by atoms with E-state index < -0.39 is 6.04 Å². The molecule has 1 saturated heterocycles. The average molecular weight is 344 g/mol. The molecule has 1 saturated carbocycles. The van der Waals surface area contributed by atoms with Crippen molar-refractivity contribution in [2.24, 2.45) is 11.7 Å². The van der Waals surface area contributed by atoms with Gasteiger partial charge in [0.2, 0.25) is 5.91 Å². The molecular weight excluding hydrogens is 310 g/mol. The van der Waals surface area contributed by atoms with E-state index in [0.29, 0.717) is 6.42 Å². The summed E-state index contributed by atoms with van der Waals surface area (Å²) in [5.41, 5.74) is 7.35. The summed E-state index contributed by atoms with van der Waals surface area (Å²) in [6.07, 6.45) is 8.69. The molecule has 1 aliphatic heterocycles. The van der Waals surface area contributed by atoms with Crippen molar-refractivity contribution in [3.05, 3.63) is 35.9 Å². The molecule has 1 amide bonds. The number of hydrogen-bond donors (Lipinski definition) is 1. The van der Waals surface area contributed by atoms with Crippen LogP contribution in [0.5, 0.6) is 0 Å². The molecule has 3 rings (SSSR count). The van der Waals surface area contributed by atoms with Crippen LogP contribution in [0.15, 0.2) is 30.3 Å². The second-order valence-electron chi connectivity index (χ2n) is 7.78. The predicted octanol–water partition coefficient (Wildman–Crippen LogP) is 2.67. The van der Waals surface area contributed by atoms with Crippen molar-refractivity contribution < 1.29 is 4.79 Å². The predicted molar refractivity (Wildman–Crippen MR) is 102 cm³/mol. The maximum absolute atomic E-state index is 12.7. The van der Waals surface area contributed by atoms with Gasteiger partial charge in [-0.25, -0.2) is 0 Å². The van der Waals surface area contributed by atoms with Crippen molar-refractivity contribution in [2.45, 2.75) is 51.0 Å². The van der Waals surface area contributed by atoms with Gasteiger partial charge < -0.3 is 15.5 Å². The van der Waals surface area contributed by atoms with Crippen LogP contribution < -0.4 is 5.73 Å². The normalized spacial score (nSPS) is 21.7. The van der Waals surface area contributed by atoms with Crippen molar-refractivity contribution in [3.8, 4) is 0 Å². The lowest BCUT2D eigenvalue weighted by molar-refractivity contribution is -0.132. The molecule has 0 spiro atoms. The number of carbonyl (C=O) groups excluding carboxylic acids is 1. The third kappa shape index (κ3) is 5.55. The first-order chi connectivity index (χ1) is 12.2. The lowest BCUT2D eigenvalue weighted by atomic mass is 9.89. The molecule has 1 heterocycles. The number of hydrogen-bond acceptors (Lipinski definition) is 3. The number of nitrogens with two attached hydrogens (primary N) is 1. The highest BCUT2D eigenvalue weighted by Gasteiger charge is 2.25. The molecule has 1 aromatic carbocycles. The molecule has 25 heavy (non-hydrogen) atoms. The molecule has 2 N–H and O–H groups in total. The largest absolute Gasteiger partial charge is 0.340 e. The summed E-state index contributed by atoms with van der Waals surface area (Å²) in [6.45, 7) is 5.02. The smallest absolute Gasteiger partial charge is 0.239 e. The first kappa shape index (κ1) is 18.4. The molecule has 2 fully saturated rings. The van der Waals surface area contributed by atoms with Crippen LogP contribution in [0.4, 0.5) is 0 Å². The molecule has 1 atom stereocenters. The zero-order chi connectivity index (χ0) is 17.5. The minimum absolute atomic E-state index is 0.114. The van der Waals surface area contributed by atoms with E-state index >= 15 is 0 Å². The fourth-order valence-electron chi connectivity index (χ4n) is 4.30. The number of carbonyl (C=O) groups is 1. The van der Waals surface area contributed by atoms with Crippen LogP contribution in [0.1, 0.15) is 44.1 Å². The zero-order valence-corrected chi connectivity index (χ0v) is 15.4. The van der Waals surface area contributed by atoms with Crippen LogP contribution >= 0.6 is 0 Å². The first-order valence-corrected chi connectivity index (χ1v) is 10.0. The Morgan fingerprint density at radius 3 is 2.52 bits per heavy atom. The molecule has 0 bridgehead atoms. The fraction of sp³-hybridized carbons (Fsp3) is 0.667. The van der Waals surface area contributed by atoms with Gasteiger partial charge in [0.1, 0.15) is 0 Å². The monoisotopic (exact) mass is 343 g/mol. The van der Waals surface area contributed by atoms with E-state index in [-0.39, 0.29) is 5.91 Å². The minimum Gasteiger partial charge on any atom is -0.340 e. The van der Waals surface area contributed by atoms with Crippen LogP contribution in [0.2, 0.25) is 0 Å². The summed E-state index contributed by atoms with van der Waals surface area (Å²) >= 11 is 0. The number of nitrogens with zero attached hydrogens (tertiary/aromatic N) is 2. The molecule has 138 valence electrons. The molecule has 2 aliphatic rings. The van der Waals surface area contributed by atoms with Gasteiger partial charge in [0.15, 0.2) is 0 Å². The van der Waals surface area contributed by atoms with Crippen LogP contribution in [0.3, 0.4) is 0 Å². The Morgan fingerprint density at radius 2 is 1.76 bits per heavy atom. The van der Waals surface area contributed by atoms with Crippen LogP contribution in [-0.2, 0) is 11.2 Å². The van der Waals surface area contributed by atoms with E-state index in [9.17, 15) is 4.79 Å². The van der Waals surface area contributed by atoms with Crippen LogP contribution in [-0.4, -0.2) is 54.5 Å². The third-order valence-electron chi connectivity index (χ3n) is 5.76. The molecular formula is C21H33N3O. The minimum atomic E-state index is -0.424. The number of rotatable bonds is 5. The lowest BCUT2D eigenvalue weighted by Crippen LogP contribution is -2.46. The Hall–Kier alpha value is -1.39. The average Bonchev–Trinajstić information content (AvgIpc) is 2.88. The van der Waals surface area contributed by atoms with E-state index in [0.717, 1.165) is 44.1 Å². The molecule has 1 aromatic rings. The molecule has 4 heteroatoms. The van der Waals surface area contributed by atoms with Gasteiger partial charge in [-0.1, -0.05) is 49.6 Å². The van der Waals surface area contributed by atoms with E-state index in [1.54, 1.807) is 0 Å². The van der Waals surface area contributed by atoms with Crippen molar-refractivity contribution in [1.29, 1.82) is 0 Å². The fourth-order valence-corrected chi connectivity index (χ4v) is 4.30. The van der Waals surface area contributed by atoms with Gasteiger partial charge in [0.05, 0.1) is 6.04 Å². The van der Waals surface area contributed by atoms with Gasteiger partial charge in [0.25, 0.3) is 0 Å². The summed E-state index contributed by atoms with van der Waals surface area (Å²) in [4.78, 5) is 17.3. The van der Waals surface area contributed by atoms with Crippen molar-refractivity contribution in [1.82, 2.24) is 9.80 Å². The Morgan fingerprint density at radius 1 is 1.00 bits per heavy atom. The SMILES string of the molecule is NC(Cc1ccccc1)C(=O)N1CCCN(CC2CCCCC2)CC1. The topological polar surface area (TPSA) is 49.6 Å².